The standard InChI is InChI=1S/C10H8F2O2/c11-7-2-1-3-8(12)9(7)5-4-6(5)10(13)14/h1-3,5-6H,4H2,(H,13,14)/t5-,6-/m0/s1. The quantitative estimate of drug-likeness (QED) is 0.790. The molecule has 4 heteroatoms. The van der Waals surface area contributed by atoms with Crippen molar-refractivity contribution in [3.8, 4) is 0 Å². The van der Waals surface area contributed by atoms with E-state index in [0.717, 1.165) is 12.1 Å². The smallest absolute Gasteiger partial charge is 0.307 e. The second-order valence-electron chi connectivity index (χ2n) is 3.42. The van der Waals surface area contributed by atoms with E-state index in [2.05, 4.69) is 0 Å². The van der Waals surface area contributed by atoms with Crippen molar-refractivity contribution in [1.82, 2.24) is 0 Å². The van der Waals surface area contributed by atoms with E-state index in [1.165, 1.54) is 6.07 Å². The predicted molar refractivity (Wildman–Crippen MR) is 44.8 cm³/mol. The van der Waals surface area contributed by atoms with Crippen LogP contribution in [0, 0.1) is 17.6 Å². The van der Waals surface area contributed by atoms with E-state index in [-0.39, 0.29) is 5.56 Å². The monoisotopic (exact) mass is 198 g/mol. The van der Waals surface area contributed by atoms with Crippen LogP contribution in [0.5, 0.6) is 0 Å². The molecule has 1 aromatic carbocycles. The summed E-state index contributed by atoms with van der Waals surface area (Å²) < 4.78 is 26.3. The van der Waals surface area contributed by atoms with Gasteiger partial charge < -0.3 is 5.11 Å². The van der Waals surface area contributed by atoms with Crippen molar-refractivity contribution in [3.05, 3.63) is 35.4 Å². The molecule has 0 unspecified atom stereocenters. The van der Waals surface area contributed by atoms with Crippen molar-refractivity contribution in [2.75, 3.05) is 0 Å². The van der Waals surface area contributed by atoms with Crippen LogP contribution in [0.25, 0.3) is 0 Å². The van der Waals surface area contributed by atoms with E-state index < -0.39 is 29.4 Å². The van der Waals surface area contributed by atoms with Gasteiger partial charge in [0.1, 0.15) is 11.6 Å². The van der Waals surface area contributed by atoms with Crippen LogP contribution in [-0.4, -0.2) is 11.1 Å². The molecule has 1 aromatic rings. The fourth-order valence-corrected chi connectivity index (χ4v) is 1.65. The normalized spacial score (nSPS) is 24.7. The van der Waals surface area contributed by atoms with Crippen LogP contribution in [0.15, 0.2) is 18.2 Å². The molecule has 0 bridgehead atoms. The molecule has 2 rings (SSSR count). The second kappa shape index (κ2) is 3.04. The number of hydrogen-bond donors (Lipinski definition) is 1. The number of hydrogen-bond acceptors (Lipinski definition) is 1. The molecule has 0 aromatic heterocycles. The lowest BCUT2D eigenvalue weighted by atomic mass is 10.1. The molecule has 0 radical (unpaired) electrons. The van der Waals surface area contributed by atoms with Gasteiger partial charge in [-0.3, -0.25) is 4.79 Å². The summed E-state index contributed by atoms with van der Waals surface area (Å²) in [4.78, 5) is 10.5. The third-order valence-corrected chi connectivity index (χ3v) is 2.48. The summed E-state index contributed by atoms with van der Waals surface area (Å²) in [7, 11) is 0. The molecule has 1 fully saturated rings. The van der Waals surface area contributed by atoms with Gasteiger partial charge in [-0.15, -0.1) is 0 Å². The molecule has 74 valence electrons. The summed E-state index contributed by atoms with van der Waals surface area (Å²) >= 11 is 0. The molecule has 0 saturated heterocycles. The average Bonchev–Trinajstić information content (AvgIpc) is 2.83. The van der Waals surface area contributed by atoms with E-state index in [9.17, 15) is 13.6 Å². The molecule has 1 N–H and O–H groups in total. The Morgan fingerprint density at radius 1 is 1.36 bits per heavy atom. The highest BCUT2D eigenvalue weighted by Gasteiger charge is 2.46. The molecule has 1 saturated carbocycles. The molecule has 0 aliphatic heterocycles. The van der Waals surface area contributed by atoms with E-state index >= 15 is 0 Å². The summed E-state index contributed by atoms with van der Waals surface area (Å²) in [6.45, 7) is 0. The van der Waals surface area contributed by atoms with Gasteiger partial charge in [0.25, 0.3) is 0 Å². The third-order valence-electron chi connectivity index (χ3n) is 2.48. The summed E-state index contributed by atoms with van der Waals surface area (Å²) in [5.74, 6) is -3.41. The molecule has 0 amide bonds. The Kier molecular flexibility index (Phi) is 1.98. The first-order valence-electron chi connectivity index (χ1n) is 4.28. The van der Waals surface area contributed by atoms with Gasteiger partial charge in [0.2, 0.25) is 0 Å². The number of rotatable bonds is 2. The van der Waals surface area contributed by atoms with Gasteiger partial charge in [0.15, 0.2) is 0 Å². The van der Waals surface area contributed by atoms with Crippen LogP contribution in [-0.2, 0) is 4.79 Å². The highest BCUT2D eigenvalue weighted by Crippen LogP contribution is 2.49. The molecule has 1 aliphatic carbocycles. The van der Waals surface area contributed by atoms with Crippen LogP contribution in [0.1, 0.15) is 17.9 Å². The van der Waals surface area contributed by atoms with Crippen LogP contribution in [0.3, 0.4) is 0 Å². The number of carboxylic acids is 1. The Hall–Kier alpha value is -1.45. The Morgan fingerprint density at radius 2 is 1.93 bits per heavy atom. The van der Waals surface area contributed by atoms with E-state index in [1.807, 2.05) is 0 Å². The fraction of sp³-hybridized carbons (Fsp3) is 0.300. The molecule has 14 heavy (non-hydrogen) atoms. The van der Waals surface area contributed by atoms with E-state index in [4.69, 9.17) is 5.11 Å². The van der Waals surface area contributed by atoms with Crippen molar-refractivity contribution in [2.24, 2.45) is 5.92 Å². The Bertz CT molecular complexity index is 369. The van der Waals surface area contributed by atoms with Gasteiger partial charge in [-0.25, -0.2) is 8.78 Å². The molecular weight excluding hydrogens is 190 g/mol. The first-order valence-corrected chi connectivity index (χ1v) is 4.28. The van der Waals surface area contributed by atoms with Crippen molar-refractivity contribution in [3.63, 3.8) is 0 Å². The zero-order valence-electron chi connectivity index (χ0n) is 7.21. The molecule has 1 aliphatic rings. The van der Waals surface area contributed by atoms with Crippen LogP contribution < -0.4 is 0 Å². The molecule has 0 heterocycles. The summed E-state index contributed by atoms with van der Waals surface area (Å²) in [6.07, 6.45) is 0.327. The lowest BCUT2D eigenvalue weighted by Crippen LogP contribution is -2.01. The van der Waals surface area contributed by atoms with Gasteiger partial charge >= 0.3 is 5.97 Å². The summed E-state index contributed by atoms with van der Waals surface area (Å²) in [5, 5.41) is 8.62. The zero-order valence-corrected chi connectivity index (χ0v) is 7.21. The predicted octanol–water partition coefficient (Wildman–Crippen LogP) is 2.15. The third kappa shape index (κ3) is 1.36. The largest absolute Gasteiger partial charge is 0.481 e. The molecule has 2 atom stereocenters. The van der Waals surface area contributed by atoms with Gasteiger partial charge in [0.05, 0.1) is 5.92 Å². The fourth-order valence-electron chi connectivity index (χ4n) is 1.65. The molecule has 0 spiro atoms. The Morgan fingerprint density at radius 3 is 2.36 bits per heavy atom. The van der Waals surface area contributed by atoms with E-state index in [0.29, 0.717) is 6.42 Å². The number of benzene rings is 1. The van der Waals surface area contributed by atoms with Gasteiger partial charge in [-0.1, -0.05) is 6.07 Å². The summed E-state index contributed by atoms with van der Waals surface area (Å²) in [6, 6.07) is 3.57. The van der Waals surface area contributed by atoms with Crippen molar-refractivity contribution in [2.45, 2.75) is 12.3 Å². The number of halogens is 2. The molecular formula is C10H8F2O2. The van der Waals surface area contributed by atoms with Crippen molar-refractivity contribution >= 4 is 5.97 Å². The Balaban J connectivity index is 2.31. The maximum Gasteiger partial charge on any atom is 0.307 e. The topological polar surface area (TPSA) is 37.3 Å². The van der Waals surface area contributed by atoms with Crippen LogP contribution in [0.4, 0.5) is 8.78 Å². The van der Waals surface area contributed by atoms with Crippen molar-refractivity contribution < 1.29 is 18.7 Å². The lowest BCUT2D eigenvalue weighted by Gasteiger charge is -2.01. The van der Waals surface area contributed by atoms with Gasteiger partial charge in [0, 0.05) is 11.5 Å². The number of carbonyl (C=O) groups is 1. The Labute approximate surface area is 79.2 Å². The van der Waals surface area contributed by atoms with Crippen molar-refractivity contribution in [1.29, 1.82) is 0 Å². The van der Waals surface area contributed by atoms with Crippen LogP contribution >= 0.6 is 0 Å². The second-order valence-corrected chi connectivity index (χ2v) is 3.42. The minimum atomic E-state index is -0.988. The number of aliphatic carboxylic acids is 1. The van der Waals surface area contributed by atoms with Gasteiger partial charge in [-0.05, 0) is 18.6 Å². The maximum absolute atomic E-state index is 13.1. The average molecular weight is 198 g/mol. The zero-order chi connectivity index (χ0) is 10.3. The lowest BCUT2D eigenvalue weighted by molar-refractivity contribution is -0.138. The highest BCUT2D eigenvalue weighted by atomic mass is 19.1. The number of carboxylic acid groups (broad SMARTS) is 1. The first-order chi connectivity index (χ1) is 6.61. The minimum absolute atomic E-state index is 0.0834. The first kappa shape index (κ1) is 9.12. The summed E-state index contributed by atoms with van der Waals surface area (Å²) in [5.41, 5.74) is -0.0834. The van der Waals surface area contributed by atoms with Gasteiger partial charge in [-0.2, -0.15) is 0 Å². The SMILES string of the molecule is O=C(O)[C@H]1C[C@@H]1c1c(F)cccc1F. The minimum Gasteiger partial charge on any atom is -0.481 e. The van der Waals surface area contributed by atoms with Crippen LogP contribution in [0.2, 0.25) is 0 Å². The highest BCUT2D eigenvalue weighted by molar-refractivity contribution is 5.75. The van der Waals surface area contributed by atoms with E-state index in [1.54, 1.807) is 0 Å². The molecule has 2 nitrogen and oxygen atoms in total. The maximum atomic E-state index is 13.1.